The van der Waals surface area contributed by atoms with E-state index in [1.807, 2.05) is 0 Å². The van der Waals surface area contributed by atoms with Gasteiger partial charge in [0.2, 0.25) is 0 Å². The highest BCUT2D eigenvalue weighted by Crippen LogP contribution is 2.22. The largest absolute Gasteiger partial charge is 0.492 e. The van der Waals surface area contributed by atoms with Crippen LogP contribution in [0.1, 0.15) is 17.5 Å². The highest BCUT2D eigenvalue weighted by Gasteiger charge is 2.36. The summed E-state index contributed by atoms with van der Waals surface area (Å²) in [6.07, 6.45) is 2.29. The maximum Gasteiger partial charge on any atom is 0.119 e. The minimum absolute atomic E-state index is 0.720. The quantitative estimate of drug-likeness (QED) is 0.888. The van der Waals surface area contributed by atoms with Crippen LogP contribution in [0.5, 0.6) is 5.75 Å². The highest BCUT2D eigenvalue weighted by molar-refractivity contribution is 5.31. The molecule has 0 radical (unpaired) electrons. The van der Waals surface area contributed by atoms with E-state index in [2.05, 4.69) is 64.8 Å². The van der Waals surface area contributed by atoms with Gasteiger partial charge in [-0.05, 0) is 36.1 Å². The van der Waals surface area contributed by atoms with Crippen molar-refractivity contribution in [3.05, 3.63) is 65.7 Å². The SMILES string of the molecule is c1ccc(Cc2ccc(OCCN3C[C@H]4C[C@@H]3CN4)cc2)cc1. The first-order valence-corrected chi connectivity index (χ1v) is 8.60. The number of nitrogens with one attached hydrogen (secondary N) is 1. The van der Waals surface area contributed by atoms with Crippen LogP contribution in [-0.4, -0.2) is 43.2 Å². The Morgan fingerprint density at radius 2 is 1.78 bits per heavy atom. The average molecular weight is 308 g/mol. The van der Waals surface area contributed by atoms with E-state index < -0.39 is 0 Å². The van der Waals surface area contributed by atoms with Crippen molar-refractivity contribution in [2.45, 2.75) is 24.9 Å². The van der Waals surface area contributed by atoms with E-state index in [9.17, 15) is 0 Å². The lowest BCUT2D eigenvalue weighted by molar-refractivity contribution is 0.180. The van der Waals surface area contributed by atoms with Gasteiger partial charge in [-0.25, -0.2) is 0 Å². The molecule has 2 heterocycles. The molecule has 2 aliphatic heterocycles. The van der Waals surface area contributed by atoms with E-state index in [4.69, 9.17) is 4.74 Å². The van der Waals surface area contributed by atoms with E-state index in [0.29, 0.717) is 0 Å². The first kappa shape index (κ1) is 14.7. The molecule has 0 spiro atoms. The van der Waals surface area contributed by atoms with Crippen molar-refractivity contribution in [1.82, 2.24) is 10.2 Å². The standard InChI is InChI=1S/C20H24N2O/c1-2-4-16(5-3-1)12-17-6-8-20(9-7-17)23-11-10-22-15-18-13-19(22)14-21-18/h1-9,18-19,21H,10-15H2/t18-,19-/m1/s1. The molecule has 1 N–H and O–H groups in total. The Labute approximate surface area is 138 Å². The van der Waals surface area contributed by atoms with Crippen molar-refractivity contribution in [2.24, 2.45) is 0 Å². The van der Waals surface area contributed by atoms with Crippen molar-refractivity contribution in [2.75, 3.05) is 26.2 Å². The second-order valence-electron chi connectivity index (χ2n) is 6.64. The number of hydrogen-bond donors (Lipinski definition) is 1. The summed E-state index contributed by atoms with van der Waals surface area (Å²) in [5.41, 5.74) is 2.67. The molecule has 2 fully saturated rings. The second kappa shape index (κ2) is 6.73. The molecule has 0 aromatic heterocycles. The lowest BCUT2D eigenvalue weighted by Crippen LogP contribution is -2.45. The van der Waals surface area contributed by atoms with Crippen LogP contribution in [0.15, 0.2) is 54.6 Å². The first-order chi connectivity index (χ1) is 11.4. The van der Waals surface area contributed by atoms with Gasteiger partial charge in [0.15, 0.2) is 0 Å². The van der Waals surface area contributed by atoms with Gasteiger partial charge in [-0.3, -0.25) is 4.90 Å². The zero-order valence-corrected chi connectivity index (χ0v) is 13.4. The van der Waals surface area contributed by atoms with Crippen LogP contribution in [0, 0.1) is 0 Å². The summed E-state index contributed by atoms with van der Waals surface area (Å²) in [4.78, 5) is 2.56. The zero-order valence-electron chi connectivity index (χ0n) is 13.4. The lowest BCUT2D eigenvalue weighted by atomic mass is 10.1. The van der Waals surface area contributed by atoms with Gasteiger partial charge in [0.25, 0.3) is 0 Å². The maximum atomic E-state index is 5.92. The molecular weight excluding hydrogens is 284 g/mol. The normalized spacial score (nSPS) is 23.3. The summed E-state index contributed by atoms with van der Waals surface area (Å²) >= 11 is 0. The van der Waals surface area contributed by atoms with Crippen molar-refractivity contribution >= 4 is 0 Å². The van der Waals surface area contributed by atoms with Crippen LogP contribution in [0.2, 0.25) is 0 Å². The van der Waals surface area contributed by atoms with Gasteiger partial charge in [0.05, 0.1) is 0 Å². The van der Waals surface area contributed by atoms with Crippen LogP contribution < -0.4 is 10.1 Å². The van der Waals surface area contributed by atoms with Crippen molar-refractivity contribution in [1.29, 1.82) is 0 Å². The minimum atomic E-state index is 0.720. The van der Waals surface area contributed by atoms with Gasteiger partial charge in [-0.2, -0.15) is 0 Å². The Kier molecular flexibility index (Phi) is 4.31. The molecule has 2 aromatic carbocycles. The van der Waals surface area contributed by atoms with E-state index in [1.54, 1.807) is 0 Å². The van der Waals surface area contributed by atoms with Crippen LogP contribution >= 0.6 is 0 Å². The third-order valence-corrected chi connectivity index (χ3v) is 4.99. The molecular formula is C20H24N2O. The van der Waals surface area contributed by atoms with Gasteiger partial charge in [0, 0.05) is 31.7 Å². The van der Waals surface area contributed by atoms with Crippen molar-refractivity contribution in [3.8, 4) is 5.75 Å². The second-order valence-corrected chi connectivity index (χ2v) is 6.64. The Bertz CT molecular complexity index is 626. The molecule has 23 heavy (non-hydrogen) atoms. The van der Waals surface area contributed by atoms with E-state index in [-0.39, 0.29) is 0 Å². The van der Waals surface area contributed by atoms with E-state index >= 15 is 0 Å². The monoisotopic (exact) mass is 308 g/mol. The van der Waals surface area contributed by atoms with Crippen LogP contribution in [0.3, 0.4) is 0 Å². The maximum absolute atomic E-state index is 5.92. The molecule has 2 aliphatic rings. The zero-order chi connectivity index (χ0) is 15.5. The average Bonchev–Trinajstić information content (AvgIpc) is 3.20. The smallest absolute Gasteiger partial charge is 0.119 e. The number of rotatable bonds is 6. The minimum Gasteiger partial charge on any atom is -0.492 e. The fourth-order valence-corrected chi connectivity index (χ4v) is 3.74. The molecule has 4 rings (SSSR count). The Morgan fingerprint density at radius 3 is 2.48 bits per heavy atom. The van der Waals surface area contributed by atoms with Crippen LogP contribution in [-0.2, 0) is 6.42 Å². The predicted molar refractivity (Wildman–Crippen MR) is 93.0 cm³/mol. The number of benzene rings is 2. The summed E-state index contributed by atoms with van der Waals surface area (Å²) in [5.74, 6) is 0.976. The number of nitrogens with zero attached hydrogens (tertiary/aromatic N) is 1. The molecule has 3 nitrogen and oxygen atoms in total. The summed E-state index contributed by atoms with van der Waals surface area (Å²) in [6.45, 7) is 4.15. The summed E-state index contributed by atoms with van der Waals surface area (Å²) < 4.78 is 5.92. The van der Waals surface area contributed by atoms with E-state index in [1.165, 1.54) is 24.1 Å². The van der Waals surface area contributed by atoms with Crippen LogP contribution in [0.25, 0.3) is 0 Å². The van der Waals surface area contributed by atoms with Crippen molar-refractivity contribution in [3.63, 3.8) is 0 Å². The molecule has 2 atom stereocenters. The summed E-state index contributed by atoms with van der Waals surface area (Å²) in [5, 5.41) is 3.54. The Morgan fingerprint density at radius 1 is 1.00 bits per heavy atom. The number of fused-ring (bicyclic) bond motifs is 2. The fourth-order valence-electron chi connectivity index (χ4n) is 3.74. The van der Waals surface area contributed by atoms with Gasteiger partial charge >= 0.3 is 0 Å². The number of likely N-dealkylation sites (tertiary alicyclic amines) is 1. The molecule has 0 saturated carbocycles. The topological polar surface area (TPSA) is 24.5 Å². The van der Waals surface area contributed by atoms with Crippen molar-refractivity contribution < 1.29 is 4.74 Å². The molecule has 2 bridgehead atoms. The van der Waals surface area contributed by atoms with Gasteiger partial charge in [0.1, 0.15) is 12.4 Å². The fraction of sp³-hybridized carbons (Fsp3) is 0.400. The van der Waals surface area contributed by atoms with Gasteiger partial charge in [-0.15, -0.1) is 0 Å². The molecule has 120 valence electrons. The Hall–Kier alpha value is -1.84. The predicted octanol–water partition coefficient (Wildman–Crippen LogP) is 2.70. The molecule has 2 saturated heterocycles. The van der Waals surface area contributed by atoms with E-state index in [0.717, 1.165) is 44.0 Å². The van der Waals surface area contributed by atoms with Crippen LogP contribution in [0.4, 0.5) is 0 Å². The molecule has 2 aromatic rings. The molecule has 0 unspecified atom stereocenters. The third-order valence-electron chi connectivity index (χ3n) is 4.99. The summed E-state index contributed by atoms with van der Waals surface area (Å²) in [6, 6.07) is 20.6. The Balaban J connectivity index is 1.25. The third kappa shape index (κ3) is 3.57. The number of piperazine rings is 1. The molecule has 3 heteroatoms. The first-order valence-electron chi connectivity index (χ1n) is 8.60. The lowest BCUT2D eigenvalue weighted by Gasteiger charge is -2.26. The highest BCUT2D eigenvalue weighted by atomic mass is 16.5. The van der Waals surface area contributed by atoms with Gasteiger partial charge in [-0.1, -0.05) is 42.5 Å². The molecule has 0 amide bonds. The number of hydrogen-bond acceptors (Lipinski definition) is 3. The van der Waals surface area contributed by atoms with Gasteiger partial charge < -0.3 is 10.1 Å². The summed E-state index contributed by atoms with van der Waals surface area (Å²) in [7, 11) is 0. The molecule has 0 aliphatic carbocycles. The number of ether oxygens (including phenoxy) is 1.